The third-order valence-electron chi connectivity index (χ3n) is 4.82. The number of hydrogen-bond acceptors (Lipinski definition) is 4. The van der Waals surface area contributed by atoms with Crippen molar-refractivity contribution in [3.05, 3.63) is 59.7 Å². The number of piperazine rings is 1. The molecular formula is C20H26N6. The lowest BCUT2D eigenvalue weighted by atomic mass is 10.1. The molecule has 2 aromatic rings. The van der Waals surface area contributed by atoms with Gasteiger partial charge in [0.1, 0.15) is 11.7 Å². The van der Waals surface area contributed by atoms with Crippen molar-refractivity contribution in [3.8, 4) is 0 Å². The van der Waals surface area contributed by atoms with Crippen LogP contribution in [0.1, 0.15) is 11.1 Å². The lowest BCUT2D eigenvalue weighted by Crippen LogP contribution is -2.46. The molecule has 0 spiro atoms. The second-order valence-corrected chi connectivity index (χ2v) is 6.29. The molecule has 4 N–H and O–H groups in total. The first-order valence-corrected chi connectivity index (χ1v) is 8.77. The van der Waals surface area contributed by atoms with E-state index >= 15 is 0 Å². The molecule has 0 aliphatic carbocycles. The summed E-state index contributed by atoms with van der Waals surface area (Å²) in [6, 6.07) is 16.6. The van der Waals surface area contributed by atoms with Crippen LogP contribution >= 0.6 is 0 Å². The van der Waals surface area contributed by atoms with Gasteiger partial charge in [0.2, 0.25) is 0 Å². The van der Waals surface area contributed by atoms with Crippen LogP contribution in [0.5, 0.6) is 0 Å². The van der Waals surface area contributed by atoms with E-state index in [0.717, 1.165) is 37.3 Å². The van der Waals surface area contributed by atoms with Gasteiger partial charge in [-0.05, 0) is 48.5 Å². The zero-order valence-corrected chi connectivity index (χ0v) is 15.4. The van der Waals surface area contributed by atoms with Crippen LogP contribution in [0.2, 0.25) is 0 Å². The van der Waals surface area contributed by atoms with Gasteiger partial charge in [0.05, 0.1) is 0 Å². The highest BCUT2D eigenvalue weighted by Crippen LogP contribution is 2.21. The first-order valence-electron chi connectivity index (χ1n) is 8.77. The van der Waals surface area contributed by atoms with Crippen molar-refractivity contribution in [2.75, 3.05) is 50.1 Å². The highest BCUT2D eigenvalue weighted by molar-refractivity contribution is 5.98. The predicted octanol–water partition coefficient (Wildman–Crippen LogP) is 1.68. The van der Waals surface area contributed by atoms with E-state index in [1.54, 1.807) is 14.1 Å². The summed E-state index contributed by atoms with van der Waals surface area (Å²) in [4.78, 5) is 12.8. The Balaban J connectivity index is 1.62. The van der Waals surface area contributed by atoms with Crippen molar-refractivity contribution in [1.29, 1.82) is 0 Å². The number of aliphatic imine (C=N–C) groups is 2. The number of amidine groups is 2. The minimum absolute atomic E-state index is 0.568. The second-order valence-electron chi connectivity index (χ2n) is 6.29. The van der Waals surface area contributed by atoms with Gasteiger partial charge < -0.3 is 21.3 Å². The first kappa shape index (κ1) is 17.8. The zero-order valence-electron chi connectivity index (χ0n) is 15.4. The molecule has 1 aliphatic heterocycles. The van der Waals surface area contributed by atoms with Gasteiger partial charge in [-0.2, -0.15) is 0 Å². The van der Waals surface area contributed by atoms with Crippen molar-refractivity contribution in [3.63, 3.8) is 0 Å². The molecule has 0 aromatic heterocycles. The molecule has 26 heavy (non-hydrogen) atoms. The molecule has 3 rings (SSSR count). The molecule has 1 fully saturated rings. The highest BCUT2D eigenvalue weighted by atomic mass is 15.3. The Labute approximate surface area is 154 Å². The number of rotatable bonds is 4. The Morgan fingerprint density at radius 1 is 0.654 bits per heavy atom. The zero-order chi connectivity index (χ0) is 18.5. The summed E-state index contributed by atoms with van der Waals surface area (Å²) < 4.78 is 0. The molecule has 6 heteroatoms. The largest absolute Gasteiger partial charge is 0.384 e. The lowest BCUT2D eigenvalue weighted by Gasteiger charge is -2.37. The fourth-order valence-electron chi connectivity index (χ4n) is 3.17. The van der Waals surface area contributed by atoms with Gasteiger partial charge >= 0.3 is 0 Å². The number of anilines is 2. The highest BCUT2D eigenvalue weighted by Gasteiger charge is 2.17. The molecule has 0 amide bonds. The van der Waals surface area contributed by atoms with Gasteiger partial charge in [-0.1, -0.05) is 0 Å². The van der Waals surface area contributed by atoms with Gasteiger partial charge in [0.25, 0.3) is 0 Å². The predicted molar refractivity (Wildman–Crippen MR) is 111 cm³/mol. The summed E-state index contributed by atoms with van der Waals surface area (Å²) in [6.45, 7) is 3.93. The molecule has 1 saturated heterocycles. The average Bonchev–Trinajstić information content (AvgIpc) is 2.73. The maximum atomic E-state index is 5.86. The van der Waals surface area contributed by atoms with E-state index in [2.05, 4.69) is 44.1 Å². The van der Waals surface area contributed by atoms with Crippen molar-refractivity contribution < 1.29 is 0 Å². The van der Waals surface area contributed by atoms with Gasteiger partial charge in [-0.25, -0.2) is 0 Å². The van der Waals surface area contributed by atoms with E-state index in [1.807, 2.05) is 24.3 Å². The summed E-state index contributed by atoms with van der Waals surface area (Å²) >= 11 is 0. The lowest BCUT2D eigenvalue weighted by molar-refractivity contribution is 0.653. The molecule has 0 atom stereocenters. The number of nitrogens with two attached hydrogens (primary N) is 2. The van der Waals surface area contributed by atoms with E-state index in [4.69, 9.17) is 11.5 Å². The second kappa shape index (κ2) is 7.91. The van der Waals surface area contributed by atoms with Crippen LogP contribution in [0.4, 0.5) is 11.4 Å². The number of hydrogen-bond donors (Lipinski definition) is 2. The SMILES string of the molecule is CN=C(N)c1ccc(N2CCN(c3ccc(C(N)=NC)cc3)CC2)cc1. The minimum Gasteiger partial charge on any atom is -0.384 e. The van der Waals surface area contributed by atoms with Crippen LogP contribution in [-0.4, -0.2) is 51.9 Å². The van der Waals surface area contributed by atoms with Crippen molar-refractivity contribution in [2.45, 2.75) is 0 Å². The third-order valence-corrected chi connectivity index (χ3v) is 4.82. The Morgan fingerprint density at radius 2 is 0.962 bits per heavy atom. The molecule has 0 bridgehead atoms. The van der Waals surface area contributed by atoms with Crippen LogP contribution in [0.15, 0.2) is 58.5 Å². The van der Waals surface area contributed by atoms with Crippen LogP contribution in [0, 0.1) is 0 Å². The van der Waals surface area contributed by atoms with Crippen molar-refractivity contribution >= 4 is 23.0 Å². The molecule has 6 nitrogen and oxygen atoms in total. The van der Waals surface area contributed by atoms with Crippen molar-refractivity contribution in [2.24, 2.45) is 21.5 Å². The van der Waals surface area contributed by atoms with Gasteiger partial charge in [0.15, 0.2) is 0 Å². The van der Waals surface area contributed by atoms with Crippen LogP contribution in [0.25, 0.3) is 0 Å². The summed E-state index contributed by atoms with van der Waals surface area (Å²) in [7, 11) is 3.41. The third kappa shape index (κ3) is 3.79. The average molecular weight is 350 g/mol. The molecule has 0 radical (unpaired) electrons. The van der Waals surface area contributed by atoms with E-state index in [1.165, 1.54) is 11.4 Å². The molecule has 136 valence electrons. The molecule has 0 unspecified atom stereocenters. The van der Waals surface area contributed by atoms with Gasteiger partial charge in [-0.15, -0.1) is 0 Å². The molecule has 2 aromatic carbocycles. The van der Waals surface area contributed by atoms with E-state index in [9.17, 15) is 0 Å². The molecular weight excluding hydrogens is 324 g/mol. The standard InChI is InChI=1S/C20H26N6/c1-23-19(21)15-3-7-17(8-4-15)25-11-13-26(14-12-25)18-9-5-16(6-10-18)20(22)24-2/h3-10H,11-14H2,1-2H3,(H2,21,23)(H2,22,24). The topological polar surface area (TPSA) is 83.2 Å². The number of benzene rings is 2. The fourth-order valence-corrected chi connectivity index (χ4v) is 3.17. The Bertz CT molecular complexity index is 715. The number of nitrogens with zero attached hydrogens (tertiary/aromatic N) is 4. The summed E-state index contributed by atoms with van der Waals surface area (Å²) in [6.07, 6.45) is 0. The van der Waals surface area contributed by atoms with Crippen LogP contribution < -0.4 is 21.3 Å². The van der Waals surface area contributed by atoms with E-state index in [-0.39, 0.29) is 0 Å². The molecule has 0 saturated carbocycles. The van der Waals surface area contributed by atoms with Gasteiger partial charge in [-0.3, -0.25) is 9.98 Å². The van der Waals surface area contributed by atoms with E-state index in [0.29, 0.717) is 11.7 Å². The van der Waals surface area contributed by atoms with E-state index < -0.39 is 0 Å². The first-order chi connectivity index (χ1) is 12.6. The van der Waals surface area contributed by atoms with Crippen LogP contribution in [-0.2, 0) is 0 Å². The monoisotopic (exact) mass is 350 g/mol. The maximum absolute atomic E-state index is 5.86. The summed E-state index contributed by atoms with van der Waals surface area (Å²) in [5.74, 6) is 1.14. The molecule has 1 aliphatic rings. The van der Waals surface area contributed by atoms with Gasteiger partial charge in [0, 0.05) is 62.8 Å². The molecule has 1 heterocycles. The smallest absolute Gasteiger partial charge is 0.125 e. The maximum Gasteiger partial charge on any atom is 0.125 e. The quantitative estimate of drug-likeness (QED) is 0.649. The summed E-state index contributed by atoms with van der Waals surface area (Å²) in [5, 5.41) is 0. The van der Waals surface area contributed by atoms with Crippen molar-refractivity contribution in [1.82, 2.24) is 0 Å². The summed E-state index contributed by atoms with van der Waals surface area (Å²) in [5.41, 5.74) is 16.1. The fraction of sp³-hybridized carbons (Fsp3) is 0.300. The normalized spacial score (nSPS) is 16.1. The minimum atomic E-state index is 0.568. The van der Waals surface area contributed by atoms with Crippen LogP contribution in [0.3, 0.4) is 0 Å². The Morgan fingerprint density at radius 3 is 1.23 bits per heavy atom. The Kier molecular flexibility index (Phi) is 5.41. The Hall–Kier alpha value is -3.02.